The molecule has 0 bridgehead atoms. The molecular formula is C28H30N4O2. The van der Waals surface area contributed by atoms with Gasteiger partial charge in [0.2, 0.25) is 5.91 Å². The summed E-state index contributed by atoms with van der Waals surface area (Å²) < 4.78 is 7.34. The summed E-state index contributed by atoms with van der Waals surface area (Å²) >= 11 is 0. The fraction of sp³-hybridized carbons (Fsp3) is 0.214. The van der Waals surface area contributed by atoms with Crippen LogP contribution in [-0.4, -0.2) is 29.3 Å². The molecule has 1 aromatic heterocycles. The van der Waals surface area contributed by atoms with Crippen LogP contribution in [0.25, 0.3) is 11.1 Å². The van der Waals surface area contributed by atoms with Crippen LogP contribution in [-0.2, 0) is 18.3 Å². The van der Waals surface area contributed by atoms with Crippen LogP contribution in [0.15, 0.2) is 85.2 Å². The average Bonchev–Trinajstić information content (AvgIpc) is 3.30. The average molecular weight is 455 g/mol. The molecule has 0 aliphatic heterocycles. The van der Waals surface area contributed by atoms with E-state index in [0.29, 0.717) is 18.0 Å². The number of carbonyl (C=O) groups excluding carboxylic acids is 1. The Balaban J connectivity index is 1.50. The molecule has 6 nitrogen and oxygen atoms in total. The second-order valence-electron chi connectivity index (χ2n) is 8.34. The van der Waals surface area contributed by atoms with Crippen LogP contribution in [0.5, 0.6) is 5.75 Å². The molecule has 0 unspecified atom stereocenters. The summed E-state index contributed by atoms with van der Waals surface area (Å²) in [4.78, 5) is 13.4. The monoisotopic (exact) mass is 454 g/mol. The Morgan fingerprint density at radius 2 is 1.79 bits per heavy atom. The number of rotatable bonds is 9. The van der Waals surface area contributed by atoms with E-state index >= 15 is 0 Å². The molecule has 0 saturated heterocycles. The van der Waals surface area contributed by atoms with E-state index in [4.69, 9.17) is 4.74 Å². The molecule has 0 saturated carbocycles. The van der Waals surface area contributed by atoms with Crippen molar-refractivity contribution < 1.29 is 9.53 Å². The van der Waals surface area contributed by atoms with E-state index in [-0.39, 0.29) is 5.91 Å². The van der Waals surface area contributed by atoms with Gasteiger partial charge in [0.1, 0.15) is 11.8 Å². The number of hydrogen-bond acceptors (Lipinski definition) is 4. The van der Waals surface area contributed by atoms with Crippen molar-refractivity contribution in [3.8, 4) is 16.9 Å². The van der Waals surface area contributed by atoms with Crippen LogP contribution in [0.1, 0.15) is 22.7 Å². The van der Waals surface area contributed by atoms with Gasteiger partial charge in [-0.25, -0.2) is 0 Å². The van der Waals surface area contributed by atoms with E-state index in [1.54, 1.807) is 18.0 Å². The lowest BCUT2D eigenvalue weighted by Crippen LogP contribution is -2.34. The Hall–Kier alpha value is -3.90. The summed E-state index contributed by atoms with van der Waals surface area (Å²) in [6.07, 6.45) is 4.58. The maximum Gasteiger partial charge on any atom is 0.246 e. The van der Waals surface area contributed by atoms with Gasteiger partial charge < -0.3 is 15.4 Å². The number of anilines is 1. The highest BCUT2D eigenvalue weighted by atomic mass is 16.5. The minimum Gasteiger partial charge on any atom is -0.495 e. The molecule has 1 atom stereocenters. The molecule has 0 aliphatic rings. The quantitative estimate of drug-likeness (QED) is 0.377. The van der Waals surface area contributed by atoms with Crippen LogP contribution in [0, 0.1) is 6.92 Å². The van der Waals surface area contributed by atoms with Crippen molar-refractivity contribution in [2.45, 2.75) is 19.4 Å². The third-order valence-corrected chi connectivity index (χ3v) is 5.78. The van der Waals surface area contributed by atoms with Crippen molar-refractivity contribution in [3.63, 3.8) is 0 Å². The lowest BCUT2D eigenvalue weighted by molar-refractivity contribution is -0.118. The molecule has 0 fully saturated rings. The molecule has 4 aromatic rings. The highest BCUT2D eigenvalue weighted by Gasteiger charge is 2.21. The van der Waals surface area contributed by atoms with E-state index in [1.807, 2.05) is 61.8 Å². The van der Waals surface area contributed by atoms with Crippen molar-refractivity contribution in [2.75, 3.05) is 19.0 Å². The lowest BCUT2D eigenvalue weighted by atomic mass is 10.0. The molecule has 0 spiro atoms. The maximum absolute atomic E-state index is 13.4. The minimum absolute atomic E-state index is 0.137. The third kappa shape index (κ3) is 5.71. The molecule has 0 radical (unpaired) electrons. The zero-order valence-electron chi connectivity index (χ0n) is 19.8. The molecule has 2 N–H and O–H groups in total. The van der Waals surface area contributed by atoms with Gasteiger partial charge >= 0.3 is 0 Å². The van der Waals surface area contributed by atoms with Crippen LogP contribution in [0.2, 0.25) is 0 Å². The van der Waals surface area contributed by atoms with E-state index in [2.05, 4.69) is 46.9 Å². The number of ether oxygens (including phenoxy) is 1. The van der Waals surface area contributed by atoms with Crippen LogP contribution in [0.3, 0.4) is 0 Å². The second-order valence-corrected chi connectivity index (χ2v) is 8.34. The highest BCUT2D eigenvalue weighted by Crippen LogP contribution is 2.31. The summed E-state index contributed by atoms with van der Waals surface area (Å²) in [5.41, 5.74) is 5.97. The van der Waals surface area contributed by atoms with Crippen molar-refractivity contribution in [1.29, 1.82) is 0 Å². The molecule has 3 aromatic carbocycles. The van der Waals surface area contributed by atoms with E-state index in [9.17, 15) is 4.79 Å². The van der Waals surface area contributed by atoms with E-state index in [1.165, 1.54) is 11.1 Å². The van der Waals surface area contributed by atoms with Gasteiger partial charge in [0, 0.05) is 25.4 Å². The zero-order valence-corrected chi connectivity index (χ0v) is 19.8. The summed E-state index contributed by atoms with van der Waals surface area (Å²) in [5.74, 6) is 0.462. The van der Waals surface area contributed by atoms with E-state index < -0.39 is 6.04 Å². The number of aryl methyl sites for hydroxylation is 2. The predicted molar refractivity (Wildman–Crippen MR) is 136 cm³/mol. The first-order chi connectivity index (χ1) is 16.5. The number of methoxy groups -OCH3 is 1. The van der Waals surface area contributed by atoms with Crippen molar-refractivity contribution in [3.05, 3.63) is 102 Å². The highest BCUT2D eigenvalue weighted by molar-refractivity contribution is 5.97. The summed E-state index contributed by atoms with van der Waals surface area (Å²) in [6, 6.07) is 23.5. The number of hydrogen-bond donors (Lipinski definition) is 2. The lowest BCUT2D eigenvalue weighted by Gasteiger charge is -2.20. The molecule has 34 heavy (non-hydrogen) atoms. The number of nitrogens with one attached hydrogen (secondary N) is 2. The van der Waals surface area contributed by atoms with Crippen molar-refractivity contribution in [1.82, 2.24) is 15.1 Å². The van der Waals surface area contributed by atoms with Gasteiger partial charge in [-0.3, -0.25) is 9.48 Å². The minimum atomic E-state index is -0.491. The number of carbonyl (C=O) groups is 1. The Labute approximate surface area is 200 Å². The first-order valence-corrected chi connectivity index (χ1v) is 11.4. The Bertz CT molecular complexity index is 1230. The van der Waals surface area contributed by atoms with Crippen LogP contribution in [0.4, 0.5) is 5.69 Å². The van der Waals surface area contributed by atoms with Gasteiger partial charge in [0.05, 0.1) is 19.0 Å². The van der Waals surface area contributed by atoms with Gasteiger partial charge in [-0.2, -0.15) is 5.10 Å². The fourth-order valence-corrected chi connectivity index (χ4v) is 3.87. The first-order valence-electron chi connectivity index (χ1n) is 11.4. The molecule has 6 heteroatoms. The summed E-state index contributed by atoms with van der Waals surface area (Å²) in [7, 11) is 3.48. The standard InChI is InChI=1S/C28H30N4O2/c1-20-9-11-21(12-10-20)15-16-29-27(22-7-5-4-6-8-22)28(33)31-25-14-13-23(17-26(25)34-3)24-18-30-32(2)19-24/h4-14,17-19,27,29H,15-16H2,1-3H3,(H,31,33)/t27-/m1/s1. The Kier molecular flexibility index (Phi) is 7.40. The van der Waals surface area contributed by atoms with Crippen LogP contribution < -0.4 is 15.4 Å². The SMILES string of the molecule is COc1cc(-c2cnn(C)c2)ccc1NC(=O)[C@H](NCCc1ccc(C)cc1)c1ccccc1. The molecule has 1 amide bonds. The maximum atomic E-state index is 13.4. The molecular weight excluding hydrogens is 424 g/mol. The second kappa shape index (κ2) is 10.8. The smallest absolute Gasteiger partial charge is 0.246 e. The molecule has 4 rings (SSSR count). The summed E-state index contributed by atoms with van der Waals surface area (Å²) in [5, 5.41) is 10.7. The zero-order chi connectivity index (χ0) is 23.9. The predicted octanol–water partition coefficient (Wildman–Crippen LogP) is 4.92. The van der Waals surface area contributed by atoms with Gasteiger partial charge in [-0.1, -0.05) is 66.2 Å². The number of benzene rings is 3. The van der Waals surface area contributed by atoms with Gasteiger partial charge in [0.15, 0.2) is 0 Å². The summed E-state index contributed by atoms with van der Waals surface area (Å²) in [6.45, 7) is 2.75. The molecule has 0 aliphatic carbocycles. The van der Waals surface area contributed by atoms with Crippen molar-refractivity contribution >= 4 is 11.6 Å². The van der Waals surface area contributed by atoms with Crippen molar-refractivity contribution in [2.24, 2.45) is 7.05 Å². The van der Waals surface area contributed by atoms with Crippen LogP contribution >= 0.6 is 0 Å². The van der Waals surface area contributed by atoms with Gasteiger partial charge in [-0.05, 0) is 42.2 Å². The third-order valence-electron chi connectivity index (χ3n) is 5.78. The largest absolute Gasteiger partial charge is 0.495 e. The van der Waals surface area contributed by atoms with Gasteiger partial charge in [0.25, 0.3) is 0 Å². The number of aromatic nitrogens is 2. The molecule has 174 valence electrons. The topological polar surface area (TPSA) is 68.2 Å². The molecule has 1 heterocycles. The van der Waals surface area contributed by atoms with E-state index in [0.717, 1.165) is 23.1 Å². The number of amides is 1. The Morgan fingerprint density at radius 1 is 1.03 bits per heavy atom. The first kappa shape index (κ1) is 23.3. The Morgan fingerprint density at radius 3 is 2.47 bits per heavy atom. The number of nitrogens with zero attached hydrogens (tertiary/aromatic N) is 2. The van der Waals surface area contributed by atoms with Gasteiger partial charge in [-0.15, -0.1) is 0 Å². The fourth-order valence-electron chi connectivity index (χ4n) is 3.87. The normalized spacial score (nSPS) is 11.7.